The number of carbonyl (C=O) groups is 1. The maximum Gasteiger partial charge on any atom is 0.313 e. The molecule has 26 heavy (non-hydrogen) atoms. The fraction of sp³-hybridized carbons (Fsp3) is 0.200. The van der Waals surface area contributed by atoms with Gasteiger partial charge in [-0.05, 0) is 24.1 Å². The largest absolute Gasteiger partial charge is 0.459 e. The van der Waals surface area contributed by atoms with Crippen molar-refractivity contribution in [1.29, 1.82) is 0 Å². The van der Waals surface area contributed by atoms with Crippen molar-refractivity contribution < 1.29 is 22.8 Å². The molecule has 3 aromatic rings. The lowest BCUT2D eigenvalue weighted by Crippen LogP contribution is -2.15. The molecule has 0 amide bonds. The van der Waals surface area contributed by atoms with E-state index >= 15 is 0 Å². The molecule has 0 N–H and O–H groups in total. The monoisotopic (exact) mass is 357 g/mol. The second-order valence-electron chi connectivity index (χ2n) is 5.79. The zero-order valence-corrected chi connectivity index (χ0v) is 14.1. The fourth-order valence-corrected chi connectivity index (χ4v) is 2.67. The third-order valence-electron chi connectivity index (χ3n) is 4.01. The van der Waals surface area contributed by atoms with Crippen LogP contribution >= 0.6 is 0 Å². The second-order valence-corrected chi connectivity index (χ2v) is 5.79. The lowest BCUT2D eigenvalue weighted by molar-refractivity contribution is -0.147. The van der Waals surface area contributed by atoms with Crippen LogP contribution in [0.2, 0.25) is 0 Å². The zero-order chi connectivity index (χ0) is 18.5. The summed E-state index contributed by atoms with van der Waals surface area (Å²) in [5.74, 6) is -2.01. The van der Waals surface area contributed by atoms with Gasteiger partial charge >= 0.3 is 5.97 Å². The van der Waals surface area contributed by atoms with E-state index in [0.29, 0.717) is 12.1 Å². The zero-order valence-electron chi connectivity index (χ0n) is 14.1. The normalized spacial score (nSPS) is 12.0. The van der Waals surface area contributed by atoms with Crippen molar-refractivity contribution in [3.63, 3.8) is 0 Å². The number of hydrogen-bond acceptors (Lipinski definition) is 4. The second kappa shape index (κ2) is 7.91. The van der Waals surface area contributed by atoms with Gasteiger partial charge in [0, 0.05) is 12.1 Å². The topological polar surface area (TPSA) is 52.3 Å². The van der Waals surface area contributed by atoms with Crippen LogP contribution in [-0.2, 0) is 16.1 Å². The third kappa shape index (κ3) is 3.96. The van der Waals surface area contributed by atoms with Gasteiger partial charge in [-0.2, -0.15) is 0 Å². The van der Waals surface area contributed by atoms with Crippen LogP contribution in [0.15, 0.2) is 59.1 Å². The summed E-state index contributed by atoms with van der Waals surface area (Å²) >= 11 is 0. The van der Waals surface area contributed by atoms with E-state index < -0.39 is 11.6 Å². The van der Waals surface area contributed by atoms with Crippen molar-refractivity contribution in [1.82, 2.24) is 5.16 Å². The van der Waals surface area contributed by atoms with E-state index in [1.165, 1.54) is 12.1 Å². The maximum absolute atomic E-state index is 13.8. The molecule has 1 atom stereocenters. The number of carbonyl (C=O) groups excluding carboxylic acids is 1. The Hall–Kier alpha value is -3.02. The van der Waals surface area contributed by atoms with E-state index in [0.717, 1.165) is 17.7 Å². The molecule has 0 fully saturated rings. The van der Waals surface area contributed by atoms with Crippen LogP contribution in [0, 0.1) is 11.6 Å². The maximum atomic E-state index is 13.8. The number of nitrogens with zero attached hydrogens (tertiary/aromatic N) is 1. The third-order valence-corrected chi connectivity index (χ3v) is 4.01. The Morgan fingerprint density at radius 1 is 1.15 bits per heavy atom. The summed E-state index contributed by atoms with van der Waals surface area (Å²) in [4.78, 5) is 12.3. The van der Waals surface area contributed by atoms with Gasteiger partial charge in [0.15, 0.2) is 5.76 Å². The Kier molecular flexibility index (Phi) is 5.41. The molecule has 1 unspecified atom stereocenters. The van der Waals surface area contributed by atoms with Crippen LogP contribution in [0.5, 0.6) is 0 Å². The molecule has 0 saturated carbocycles. The molecule has 1 heterocycles. The van der Waals surface area contributed by atoms with Crippen LogP contribution in [0.4, 0.5) is 8.78 Å². The first-order valence-electron chi connectivity index (χ1n) is 8.21. The van der Waals surface area contributed by atoms with Crippen LogP contribution in [0.25, 0.3) is 11.3 Å². The molecule has 6 heteroatoms. The number of esters is 1. The van der Waals surface area contributed by atoms with Crippen molar-refractivity contribution >= 4 is 5.97 Å². The molecule has 0 aliphatic heterocycles. The molecule has 134 valence electrons. The molecule has 0 saturated heterocycles. The van der Waals surface area contributed by atoms with Crippen LogP contribution in [-0.4, -0.2) is 11.1 Å². The van der Waals surface area contributed by atoms with Crippen molar-refractivity contribution in [3.8, 4) is 11.3 Å². The highest BCUT2D eigenvalue weighted by Gasteiger charge is 2.21. The molecular weight excluding hydrogens is 340 g/mol. The number of hydrogen-bond donors (Lipinski definition) is 0. The molecule has 0 radical (unpaired) electrons. The van der Waals surface area contributed by atoms with Gasteiger partial charge in [0.25, 0.3) is 0 Å². The lowest BCUT2D eigenvalue weighted by Gasteiger charge is -2.13. The van der Waals surface area contributed by atoms with E-state index in [9.17, 15) is 13.6 Å². The van der Waals surface area contributed by atoms with Crippen LogP contribution < -0.4 is 0 Å². The summed E-state index contributed by atoms with van der Waals surface area (Å²) in [6, 6.07) is 14.0. The van der Waals surface area contributed by atoms with Gasteiger partial charge in [-0.1, -0.05) is 42.4 Å². The Morgan fingerprint density at radius 2 is 1.92 bits per heavy atom. The van der Waals surface area contributed by atoms with Gasteiger partial charge < -0.3 is 9.26 Å². The predicted molar refractivity (Wildman–Crippen MR) is 91.1 cm³/mol. The Morgan fingerprint density at radius 3 is 2.62 bits per heavy atom. The minimum Gasteiger partial charge on any atom is -0.459 e. The van der Waals surface area contributed by atoms with E-state index in [-0.39, 0.29) is 29.8 Å². The first-order chi connectivity index (χ1) is 12.6. The minimum absolute atomic E-state index is 0.0888. The molecule has 0 aliphatic rings. The summed E-state index contributed by atoms with van der Waals surface area (Å²) in [5.41, 5.74) is 1.32. The molecule has 0 bridgehead atoms. The van der Waals surface area contributed by atoms with Crippen LogP contribution in [0.3, 0.4) is 0 Å². The van der Waals surface area contributed by atoms with E-state index in [4.69, 9.17) is 9.26 Å². The first kappa shape index (κ1) is 17.8. The number of rotatable bonds is 6. The van der Waals surface area contributed by atoms with Crippen molar-refractivity contribution in [2.24, 2.45) is 0 Å². The SMILES string of the molecule is CCC(C(=O)OCc1cc(-c2ccc(F)cc2F)on1)c1ccccc1. The smallest absolute Gasteiger partial charge is 0.313 e. The van der Waals surface area contributed by atoms with Gasteiger partial charge in [-0.3, -0.25) is 4.79 Å². The fourth-order valence-electron chi connectivity index (χ4n) is 2.67. The predicted octanol–water partition coefficient (Wildman–Crippen LogP) is 4.86. The highest BCUT2D eigenvalue weighted by atomic mass is 19.1. The van der Waals surface area contributed by atoms with Crippen LogP contribution in [0.1, 0.15) is 30.5 Å². The summed E-state index contributed by atoms with van der Waals surface area (Å²) in [5, 5.41) is 3.77. The molecule has 3 rings (SSSR count). The summed E-state index contributed by atoms with van der Waals surface area (Å²) in [7, 11) is 0. The summed E-state index contributed by atoms with van der Waals surface area (Å²) < 4.78 is 37.2. The average molecular weight is 357 g/mol. The lowest BCUT2D eigenvalue weighted by atomic mass is 9.97. The summed E-state index contributed by atoms with van der Waals surface area (Å²) in [6.45, 7) is 1.82. The average Bonchev–Trinajstić information content (AvgIpc) is 3.10. The molecule has 0 spiro atoms. The Bertz CT molecular complexity index is 893. The van der Waals surface area contributed by atoms with Gasteiger partial charge in [-0.25, -0.2) is 8.78 Å². The van der Waals surface area contributed by atoms with Gasteiger partial charge in [0.1, 0.15) is 23.9 Å². The van der Waals surface area contributed by atoms with Crippen molar-refractivity contribution in [3.05, 3.63) is 77.5 Å². The minimum atomic E-state index is -0.750. The van der Waals surface area contributed by atoms with Crippen molar-refractivity contribution in [2.45, 2.75) is 25.9 Å². The standard InChI is InChI=1S/C20H17F2NO3/c1-2-16(13-6-4-3-5-7-13)20(24)25-12-15-11-19(26-23-15)17-9-8-14(21)10-18(17)22/h3-11,16H,2,12H2,1H3. The highest BCUT2D eigenvalue weighted by molar-refractivity contribution is 5.78. The molecule has 2 aromatic carbocycles. The van der Waals surface area contributed by atoms with Gasteiger partial charge in [0.2, 0.25) is 0 Å². The van der Waals surface area contributed by atoms with Gasteiger partial charge in [-0.15, -0.1) is 0 Å². The molecule has 1 aromatic heterocycles. The van der Waals surface area contributed by atoms with Gasteiger partial charge in [0.05, 0.1) is 11.5 Å². The Balaban J connectivity index is 1.67. The quantitative estimate of drug-likeness (QED) is 0.592. The van der Waals surface area contributed by atoms with E-state index in [2.05, 4.69) is 5.16 Å². The number of benzene rings is 2. The number of aromatic nitrogens is 1. The molecule has 0 aliphatic carbocycles. The summed E-state index contributed by atoms with van der Waals surface area (Å²) in [6.07, 6.45) is 0.605. The molecule has 4 nitrogen and oxygen atoms in total. The van der Waals surface area contributed by atoms with E-state index in [1.54, 1.807) is 0 Å². The molecular formula is C20H17F2NO3. The Labute approximate surface area is 149 Å². The van der Waals surface area contributed by atoms with E-state index in [1.807, 2.05) is 37.3 Å². The highest BCUT2D eigenvalue weighted by Crippen LogP contribution is 2.25. The van der Waals surface area contributed by atoms with Crippen molar-refractivity contribution in [2.75, 3.05) is 0 Å². The number of ether oxygens (including phenoxy) is 1. The first-order valence-corrected chi connectivity index (χ1v) is 8.21. The number of halogens is 2.